The number of benzene rings is 1. The number of hydrogen-bond acceptors (Lipinski definition) is 3. The Kier molecular flexibility index (Phi) is 4.02. The van der Waals surface area contributed by atoms with E-state index < -0.39 is 0 Å². The third kappa shape index (κ3) is 2.64. The van der Waals surface area contributed by atoms with Crippen molar-refractivity contribution in [1.82, 2.24) is 9.78 Å². The van der Waals surface area contributed by atoms with Gasteiger partial charge in [-0.2, -0.15) is 5.10 Å². The van der Waals surface area contributed by atoms with Gasteiger partial charge < -0.3 is 10.6 Å². The van der Waals surface area contributed by atoms with E-state index in [0.717, 1.165) is 35.7 Å². The van der Waals surface area contributed by atoms with Crippen LogP contribution in [0.4, 0.5) is 17.2 Å². The molecule has 1 heterocycles. The van der Waals surface area contributed by atoms with E-state index in [1.54, 1.807) is 0 Å². The molecule has 2 N–H and O–H groups in total. The molecule has 0 atom stereocenters. The molecule has 0 radical (unpaired) electrons. The van der Waals surface area contributed by atoms with Crippen LogP contribution in [0.25, 0.3) is 0 Å². The number of nitrogen functional groups attached to an aromatic ring is 1. The van der Waals surface area contributed by atoms with E-state index in [9.17, 15) is 0 Å². The summed E-state index contributed by atoms with van der Waals surface area (Å²) in [5.41, 5.74) is 11.7. The second kappa shape index (κ2) is 5.57. The van der Waals surface area contributed by atoms with E-state index in [-0.39, 0.29) is 0 Å². The number of hydrogen-bond donors (Lipinski definition) is 1. The van der Waals surface area contributed by atoms with Crippen LogP contribution in [0.3, 0.4) is 0 Å². The predicted octanol–water partition coefficient (Wildman–Crippen LogP) is 3.34. The number of aromatic nitrogens is 2. The minimum absolute atomic E-state index is 0.788. The van der Waals surface area contributed by atoms with Gasteiger partial charge in [-0.1, -0.05) is 19.4 Å². The molecule has 0 fully saturated rings. The van der Waals surface area contributed by atoms with Crippen LogP contribution in [-0.2, 0) is 13.5 Å². The minimum Gasteiger partial charge on any atom is -0.394 e. The van der Waals surface area contributed by atoms with Crippen molar-refractivity contribution in [1.29, 1.82) is 0 Å². The lowest BCUT2D eigenvalue weighted by Crippen LogP contribution is -2.15. The molecule has 20 heavy (non-hydrogen) atoms. The number of nitrogens with two attached hydrogens (primary N) is 1. The highest BCUT2D eigenvalue weighted by atomic mass is 15.4. The van der Waals surface area contributed by atoms with Crippen molar-refractivity contribution in [2.75, 3.05) is 17.7 Å². The summed E-state index contributed by atoms with van der Waals surface area (Å²) in [4.78, 5) is 2.11. The van der Waals surface area contributed by atoms with Gasteiger partial charge in [0.1, 0.15) is 0 Å². The van der Waals surface area contributed by atoms with Crippen molar-refractivity contribution < 1.29 is 0 Å². The first-order chi connectivity index (χ1) is 9.43. The number of rotatable bonds is 4. The van der Waals surface area contributed by atoms with Gasteiger partial charge in [0.15, 0.2) is 5.82 Å². The Morgan fingerprint density at radius 1 is 1.20 bits per heavy atom. The third-order valence-corrected chi connectivity index (χ3v) is 3.53. The molecule has 4 nitrogen and oxygen atoms in total. The van der Waals surface area contributed by atoms with Crippen LogP contribution in [0.2, 0.25) is 0 Å². The summed E-state index contributed by atoms with van der Waals surface area (Å²) in [5.74, 6) is 0.957. The van der Waals surface area contributed by atoms with Crippen LogP contribution in [0.5, 0.6) is 0 Å². The number of anilines is 3. The first-order valence-corrected chi connectivity index (χ1v) is 7.07. The lowest BCUT2D eigenvalue weighted by Gasteiger charge is -2.21. The third-order valence-electron chi connectivity index (χ3n) is 3.53. The fraction of sp³-hybridized carbons (Fsp3) is 0.438. The maximum atomic E-state index is 6.28. The quantitative estimate of drug-likeness (QED) is 0.928. The highest BCUT2D eigenvalue weighted by Crippen LogP contribution is 2.32. The summed E-state index contributed by atoms with van der Waals surface area (Å²) in [6.07, 6.45) is 1.97. The van der Waals surface area contributed by atoms with Gasteiger partial charge in [-0.05, 0) is 43.5 Å². The normalized spacial score (nSPS) is 10.8. The SMILES string of the molecule is CCCc1nn(C)c(N(C)c2cc(C)cc(C)c2)c1N. The van der Waals surface area contributed by atoms with E-state index in [1.165, 1.54) is 11.1 Å². The summed E-state index contributed by atoms with van der Waals surface area (Å²) in [6, 6.07) is 6.50. The molecule has 0 spiro atoms. The van der Waals surface area contributed by atoms with Gasteiger partial charge in [-0.25, -0.2) is 0 Å². The molecular weight excluding hydrogens is 248 g/mol. The average Bonchev–Trinajstić information content (AvgIpc) is 2.63. The van der Waals surface area contributed by atoms with Crippen molar-refractivity contribution in [3.05, 3.63) is 35.0 Å². The molecule has 0 unspecified atom stereocenters. The molecule has 0 saturated heterocycles. The zero-order chi connectivity index (χ0) is 14.9. The zero-order valence-corrected chi connectivity index (χ0v) is 13.1. The highest BCUT2D eigenvalue weighted by molar-refractivity contribution is 5.73. The molecule has 0 aliphatic carbocycles. The van der Waals surface area contributed by atoms with Crippen molar-refractivity contribution in [2.24, 2.45) is 7.05 Å². The maximum absolute atomic E-state index is 6.28. The number of nitrogens with zero attached hydrogens (tertiary/aromatic N) is 3. The first kappa shape index (κ1) is 14.4. The van der Waals surface area contributed by atoms with Crippen LogP contribution in [0.15, 0.2) is 18.2 Å². The monoisotopic (exact) mass is 272 g/mol. The van der Waals surface area contributed by atoms with E-state index in [1.807, 2.05) is 18.8 Å². The van der Waals surface area contributed by atoms with Gasteiger partial charge in [-0.3, -0.25) is 4.68 Å². The molecule has 0 bridgehead atoms. The van der Waals surface area contributed by atoms with Crippen molar-refractivity contribution in [3.63, 3.8) is 0 Å². The van der Waals surface area contributed by atoms with Crippen molar-refractivity contribution >= 4 is 17.2 Å². The molecular formula is C16H24N4. The Labute approximate surface area is 121 Å². The lowest BCUT2D eigenvalue weighted by atomic mass is 10.1. The second-order valence-electron chi connectivity index (χ2n) is 5.46. The summed E-state index contributed by atoms with van der Waals surface area (Å²) in [7, 11) is 3.99. The van der Waals surface area contributed by atoms with Crippen molar-refractivity contribution in [2.45, 2.75) is 33.6 Å². The Bertz CT molecular complexity index is 593. The summed E-state index contributed by atoms with van der Waals surface area (Å²) in [5, 5.41) is 4.54. The number of aryl methyl sites for hydroxylation is 4. The predicted molar refractivity (Wildman–Crippen MR) is 85.6 cm³/mol. The van der Waals surface area contributed by atoms with Gasteiger partial charge in [0.25, 0.3) is 0 Å². The van der Waals surface area contributed by atoms with Gasteiger partial charge in [0.2, 0.25) is 0 Å². The fourth-order valence-electron chi connectivity index (χ4n) is 2.67. The zero-order valence-electron chi connectivity index (χ0n) is 13.1. The molecule has 2 rings (SSSR count). The van der Waals surface area contributed by atoms with Crippen LogP contribution >= 0.6 is 0 Å². The largest absolute Gasteiger partial charge is 0.394 e. The summed E-state index contributed by atoms with van der Waals surface area (Å²) < 4.78 is 1.87. The van der Waals surface area contributed by atoms with E-state index >= 15 is 0 Å². The summed E-state index contributed by atoms with van der Waals surface area (Å²) in [6.45, 7) is 6.36. The smallest absolute Gasteiger partial charge is 0.154 e. The van der Waals surface area contributed by atoms with E-state index in [2.05, 4.69) is 49.0 Å². The average molecular weight is 272 g/mol. The van der Waals surface area contributed by atoms with Crippen LogP contribution in [-0.4, -0.2) is 16.8 Å². The van der Waals surface area contributed by atoms with E-state index in [0.29, 0.717) is 0 Å². The van der Waals surface area contributed by atoms with Crippen molar-refractivity contribution in [3.8, 4) is 0 Å². The molecule has 4 heteroatoms. The highest BCUT2D eigenvalue weighted by Gasteiger charge is 2.17. The molecule has 2 aromatic rings. The summed E-state index contributed by atoms with van der Waals surface area (Å²) >= 11 is 0. The molecule has 0 aliphatic heterocycles. The standard InChI is InChI=1S/C16H24N4/c1-6-7-14-15(17)16(20(5)18-14)19(4)13-9-11(2)8-12(3)10-13/h8-10H,6-7,17H2,1-5H3. The van der Waals surface area contributed by atoms with Gasteiger partial charge in [-0.15, -0.1) is 0 Å². The topological polar surface area (TPSA) is 47.1 Å². The van der Waals surface area contributed by atoms with Gasteiger partial charge >= 0.3 is 0 Å². The van der Waals surface area contributed by atoms with E-state index in [4.69, 9.17) is 5.73 Å². The Morgan fingerprint density at radius 2 is 1.80 bits per heavy atom. The second-order valence-corrected chi connectivity index (χ2v) is 5.46. The van der Waals surface area contributed by atoms with Gasteiger partial charge in [0, 0.05) is 19.8 Å². The molecule has 1 aromatic heterocycles. The van der Waals surface area contributed by atoms with Crippen LogP contribution < -0.4 is 10.6 Å². The maximum Gasteiger partial charge on any atom is 0.154 e. The molecule has 0 amide bonds. The van der Waals surface area contributed by atoms with Crippen LogP contribution in [0.1, 0.15) is 30.2 Å². The Morgan fingerprint density at radius 3 is 2.35 bits per heavy atom. The van der Waals surface area contributed by atoms with Gasteiger partial charge in [0.05, 0.1) is 11.4 Å². The Balaban J connectivity index is 2.45. The molecule has 0 saturated carbocycles. The fourth-order valence-corrected chi connectivity index (χ4v) is 2.67. The lowest BCUT2D eigenvalue weighted by molar-refractivity contribution is 0.729. The minimum atomic E-state index is 0.788. The first-order valence-electron chi connectivity index (χ1n) is 7.07. The molecule has 0 aliphatic rings. The van der Waals surface area contributed by atoms with Crippen LogP contribution in [0, 0.1) is 13.8 Å². The molecule has 108 valence electrons. The Hall–Kier alpha value is -1.97. The molecule has 1 aromatic carbocycles.